The van der Waals surface area contributed by atoms with Gasteiger partial charge in [0.2, 0.25) is 0 Å². The lowest BCUT2D eigenvalue weighted by Gasteiger charge is -2.33. The highest BCUT2D eigenvalue weighted by atomic mass is 35.5. The number of benzene rings is 2. The van der Waals surface area contributed by atoms with Crippen LogP contribution in [-0.2, 0) is 6.54 Å². The van der Waals surface area contributed by atoms with Gasteiger partial charge in [0, 0.05) is 28.8 Å². The van der Waals surface area contributed by atoms with Crippen LogP contribution in [0.3, 0.4) is 0 Å². The third-order valence-electron chi connectivity index (χ3n) is 6.42. The summed E-state index contributed by atoms with van der Waals surface area (Å²) in [6, 6.07) is 15.8. The van der Waals surface area contributed by atoms with Gasteiger partial charge in [-0.3, -0.25) is 4.57 Å². The Morgan fingerprint density at radius 3 is 2.43 bits per heavy atom. The van der Waals surface area contributed by atoms with Crippen molar-refractivity contribution in [3.05, 3.63) is 69.9 Å². The highest BCUT2D eigenvalue weighted by Crippen LogP contribution is 2.32. The fraction of sp³-hybridized carbons (Fsp3) is 0.400. The SMILES string of the molecule is C[C@]1(COc2ccc(N3CCC(COc4ccc(Cl)cc4)CC3)cc2)Cn2cc([N+](=O)[O-])nc2O1. The van der Waals surface area contributed by atoms with Crippen molar-refractivity contribution >= 4 is 23.1 Å². The van der Waals surface area contributed by atoms with Crippen molar-refractivity contribution in [1.82, 2.24) is 9.55 Å². The van der Waals surface area contributed by atoms with Crippen molar-refractivity contribution in [3.63, 3.8) is 0 Å². The predicted octanol–water partition coefficient (Wildman–Crippen LogP) is 4.97. The van der Waals surface area contributed by atoms with E-state index in [4.69, 9.17) is 25.8 Å². The van der Waals surface area contributed by atoms with Crippen LogP contribution in [0.15, 0.2) is 54.7 Å². The number of nitrogens with zero attached hydrogens (tertiary/aromatic N) is 4. The summed E-state index contributed by atoms with van der Waals surface area (Å²) in [5.74, 6) is 1.93. The summed E-state index contributed by atoms with van der Waals surface area (Å²) < 4.78 is 19.4. The normalized spacial score (nSPS) is 19.8. The van der Waals surface area contributed by atoms with Gasteiger partial charge in [0.1, 0.15) is 24.3 Å². The second-order valence-electron chi connectivity index (χ2n) is 9.30. The smallest absolute Gasteiger partial charge is 0.415 e. The summed E-state index contributed by atoms with van der Waals surface area (Å²) >= 11 is 5.93. The maximum atomic E-state index is 10.9. The second kappa shape index (κ2) is 9.65. The van der Waals surface area contributed by atoms with E-state index in [1.807, 2.05) is 43.3 Å². The minimum atomic E-state index is -0.633. The quantitative estimate of drug-likeness (QED) is 0.320. The molecule has 2 aliphatic heterocycles. The summed E-state index contributed by atoms with van der Waals surface area (Å²) in [5, 5.41) is 11.6. The molecule has 0 aliphatic carbocycles. The summed E-state index contributed by atoms with van der Waals surface area (Å²) in [6.45, 7) is 5.34. The van der Waals surface area contributed by atoms with Crippen LogP contribution in [0.4, 0.5) is 11.5 Å². The van der Waals surface area contributed by atoms with E-state index in [2.05, 4.69) is 22.0 Å². The fourth-order valence-electron chi connectivity index (χ4n) is 4.45. The molecule has 1 aromatic heterocycles. The highest BCUT2D eigenvalue weighted by Gasteiger charge is 2.41. The maximum absolute atomic E-state index is 10.9. The van der Waals surface area contributed by atoms with E-state index < -0.39 is 10.5 Å². The number of hydrogen-bond acceptors (Lipinski definition) is 7. The largest absolute Gasteiger partial charge is 0.493 e. The Morgan fingerprint density at radius 1 is 1.11 bits per heavy atom. The highest BCUT2D eigenvalue weighted by molar-refractivity contribution is 6.30. The van der Waals surface area contributed by atoms with Gasteiger partial charge in [-0.2, -0.15) is 0 Å². The monoisotopic (exact) mass is 498 g/mol. The lowest BCUT2D eigenvalue weighted by molar-refractivity contribution is -0.389. The van der Waals surface area contributed by atoms with Crippen LogP contribution in [0, 0.1) is 16.0 Å². The van der Waals surface area contributed by atoms with Gasteiger partial charge in [0.15, 0.2) is 5.60 Å². The van der Waals surface area contributed by atoms with Crippen molar-refractivity contribution in [2.45, 2.75) is 31.9 Å². The Labute approximate surface area is 208 Å². The molecule has 1 fully saturated rings. The number of ether oxygens (including phenoxy) is 3. The Balaban J connectivity index is 1.07. The molecule has 0 radical (unpaired) electrons. The average molecular weight is 499 g/mol. The minimum absolute atomic E-state index is 0.211. The first-order valence-electron chi connectivity index (χ1n) is 11.6. The number of piperidine rings is 1. The molecule has 0 amide bonds. The topological polar surface area (TPSA) is 91.9 Å². The van der Waals surface area contributed by atoms with Crippen LogP contribution < -0.4 is 19.1 Å². The van der Waals surface area contributed by atoms with Crippen LogP contribution in [0.5, 0.6) is 17.5 Å². The molecule has 3 aromatic rings. The standard InChI is InChI=1S/C25H27ClN4O5/c1-25(16-29-14-23(30(31)32)27-24(29)35-25)17-34-22-8-4-20(5-9-22)28-12-10-18(11-13-28)15-33-21-6-2-19(26)3-7-21/h2-9,14,18H,10-13,15-17H2,1H3/t25-/m1/s1. The van der Waals surface area contributed by atoms with Crippen molar-refractivity contribution in [2.75, 3.05) is 31.2 Å². The van der Waals surface area contributed by atoms with Crippen LogP contribution in [0.1, 0.15) is 19.8 Å². The molecule has 35 heavy (non-hydrogen) atoms. The molecule has 184 valence electrons. The number of aromatic nitrogens is 2. The van der Waals surface area contributed by atoms with Gasteiger partial charge in [-0.25, -0.2) is 0 Å². The van der Waals surface area contributed by atoms with E-state index in [1.54, 1.807) is 4.57 Å². The number of halogens is 1. The van der Waals surface area contributed by atoms with Crippen LogP contribution in [0.2, 0.25) is 5.02 Å². The molecule has 1 atom stereocenters. The van der Waals surface area contributed by atoms with E-state index in [0.717, 1.165) is 44.0 Å². The Morgan fingerprint density at radius 2 is 1.77 bits per heavy atom. The van der Waals surface area contributed by atoms with Gasteiger partial charge in [0.25, 0.3) is 0 Å². The molecule has 9 nitrogen and oxygen atoms in total. The van der Waals surface area contributed by atoms with Crippen molar-refractivity contribution in [2.24, 2.45) is 5.92 Å². The van der Waals surface area contributed by atoms with Crippen LogP contribution >= 0.6 is 11.6 Å². The molecule has 3 heterocycles. The number of fused-ring (bicyclic) bond motifs is 1. The van der Waals surface area contributed by atoms with Gasteiger partial charge < -0.3 is 29.2 Å². The molecule has 0 bridgehead atoms. The lowest BCUT2D eigenvalue weighted by Crippen LogP contribution is -2.38. The molecule has 2 aliphatic rings. The second-order valence-corrected chi connectivity index (χ2v) is 9.73. The Kier molecular flexibility index (Phi) is 6.42. The van der Waals surface area contributed by atoms with Crippen molar-refractivity contribution in [1.29, 1.82) is 0 Å². The summed E-state index contributed by atoms with van der Waals surface area (Å²) in [7, 11) is 0. The first-order chi connectivity index (χ1) is 16.9. The summed E-state index contributed by atoms with van der Waals surface area (Å²) in [6.07, 6.45) is 3.55. The van der Waals surface area contributed by atoms with E-state index in [1.165, 1.54) is 11.9 Å². The van der Waals surface area contributed by atoms with Crippen molar-refractivity contribution in [3.8, 4) is 17.5 Å². The Bertz CT molecular complexity index is 1150. The zero-order chi connectivity index (χ0) is 24.4. The minimum Gasteiger partial charge on any atom is -0.493 e. The van der Waals surface area contributed by atoms with Gasteiger partial charge in [0.05, 0.1) is 13.2 Å². The molecule has 0 N–H and O–H groups in total. The molecule has 10 heteroatoms. The van der Waals surface area contributed by atoms with Gasteiger partial charge in [-0.05, 0) is 79.1 Å². The fourth-order valence-corrected chi connectivity index (χ4v) is 4.57. The first kappa shape index (κ1) is 23.3. The maximum Gasteiger partial charge on any atom is 0.415 e. The molecule has 0 spiro atoms. The summed E-state index contributed by atoms with van der Waals surface area (Å²) in [5.41, 5.74) is 0.539. The zero-order valence-electron chi connectivity index (χ0n) is 19.4. The Hall–Kier alpha value is -3.46. The molecule has 2 aromatic carbocycles. The number of anilines is 1. The molecule has 0 unspecified atom stereocenters. The van der Waals surface area contributed by atoms with Gasteiger partial charge in [-0.15, -0.1) is 0 Å². The van der Waals surface area contributed by atoms with Gasteiger partial charge in [-0.1, -0.05) is 11.6 Å². The van der Waals surface area contributed by atoms with E-state index in [-0.39, 0.29) is 11.8 Å². The first-order valence-corrected chi connectivity index (χ1v) is 12.0. The third kappa shape index (κ3) is 5.45. The van der Waals surface area contributed by atoms with E-state index >= 15 is 0 Å². The molecular weight excluding hydrogens is 472 g/mol. The molecule has 5 rings (SSSR count). The predicted molar refractivity (Wildman–Crippen MR) is 132 cm³/mol. The third-order valence-corrected chi connectivity index (χ3v) is 6.67. The molecule has 1 saturated heterocycles. The lowest BCUT2D eigenvalue weighted by atomic mass is 9.97. The summed E-state index contributed by atoms with van der Waals surface area (Å²) in [4.78, 5) is 16.6. The van der Waals surface area contributed by atoms with Crippen LogP contribution in [-0.4, -0.2) is 46.4 Å². The number of imidazole rings is 1. The van der Waals surface area contributed by atoms with Gasteiger partial charge >= 0.3 is 11.8 Å². The zero-order valence-corrected chi connectivity index (χ0v) is 20.2. The van der Waals surface area contributed by atoms with E-state index in [0.29, 0.717) is 24.1 Å². The molecule has 0 saturated carbocycles. The number of rotatable bonds is 8. The number of hydrogen-bond donors (Lipinski definition) is 0. The van der Waals surface area contributed by atoms with Crippen LogP contribution in [0.25, 0.3) is 0 Å². The van der Waals surface area contributed by atoms with E-state index in [9.17, 15) is 10.1 Å². The van der Waals surface area contributed by atoms with Crippen molar-refractivity contribution < 1.29 is 19.1 Å². The molecular formula is C25H27ClN4O5. The number of nitro groups is 1. The average Bonchev–Trinajstić information content (AvgIpc) is 3.39.